The van der Waals surface area contributed by atoms with Crippen molar-refractivity contribution in [1.29, 1.82) is 0 Å². The molecule has 0 heterocycles. The predicted molar refractivity (Wildman–Crippen MR) is 114 cm³/mol. The molecule has 1 unspecified atom stereocenters. The minimum absolute atomic E-state index is 0.120. The van der Waals surface area contributed by atoms with Crippen molar-refractivity contribution in [3.8, 4) is 11.5 Å². The summed E-state index contributed by atoms with van der Waals surface area (Å²) < 4.78 is 99.2. The summed E-state index contributed by atoms with van der Waals surface area (Å²) in [6.07, 6.45) is -5.97. The molecule has 0 aliphatic rings. The number of rotatable bonds is 11. The highest BCUT2D eigenvalue weighted by molar-refractivity contribution is 7.85. The number of aliphatic hydroxyl groups excluding tert-OH is 1. The van der Waals surface area contributed by atoms with Gasteiger partial charge in [0.2, 0.25) is 0 Å². The highest BCUT2D eigenvalue weighted by Crippen LogP contribution is 2.36. The summed E-state index contributed by atoms with van der Waals surface area (Å²) in [6, 6.07) is 12.6. The third kappa shape index (κ3) is 7.81. The van der Waals surface area contributed by atoms with E-state index in [9.17, 15) is 35.5 Å². The van der Waals surface area contributed by atoms with Gasteiger partial charge in [0, 0.05) is 5.41 Å². The van der Waals surface area contributed by atoms with Gasteiger partial charge in [-0.1, -0.05) is 38.1 Å². The molecule has 0 fully saturated rings. The average molecular weight is 512 g/mol. The topological polar surface area (TPSA) is 82.1 Å². The number of alkyl halides is 5. The summed E-state index contributed by atoms with van der Waals surface area (Å²) in [6.45, 7) is 1.35. The van der Waals surface area contributed by atoms with Crippen LogP contribution in [0, 0.1) is 0 Å². The smallest absolute Gasteiger partial charge is 0.456 e. The number of hydrogen-bond acceptors (Lipinski definition) is 6. The molecule has 0 aliphatic heterocycles. The van der Waals surface area contributed by atoms with Gasteiger partial charge in [-0.15, -0.1) is 0 Å². The summed E-state index contributed by atoms with van der Waals surface area (Å²) in [5.74, 6) is -4.65. The lowest BCUT2D eigenvalue weighted by Gasteiger charge is -2.27. The van der Waals surface area contributed by atoms with E-state index in [2.05, 4.69) is 8.92 Å². The van der Waals surface area contributed by atoms with Crippen molar-refractivity contribution < 1.29 is 49.1 Å². The van der Waals surface area contributed by atoms with Gasteiger partial charge >= 0.3 is 12.1 Å². The van der Waals surface area contributed by atoms with Gasteiger partial charge in [-0.3, -0.25) is 4.18 Å². The summed E-state index contributed by atoms with van der Waals surface area (Å²) in [4.78, 5) is 0. The number of hydrogen-bond donors (Lipinski definition) is 1. The van der Waals surface area contributed by atoms with Crippen LogP contribution in [0.15, 0.2) is 48.5 Å². The quantitative estimate of drug-likeness (QED) is 0.357. The van der Waals surface area contributed by atoms with Crippen LogP contribution >= 0.6 is 0 Å². The SMILES string of the molecule is CC(C)(c1ccc(OCC(O)COS(C)(=O)=O)cc1)c1ccc(OCC(F)(F)C(F)(F)F)cc1. The molecule has 2 aromatic rings. The molecule has 0 saturated carbocycles. The van der Waals surface area contributed by atoms with Crippen molar-refractivity contribution in [2.24, 2.45) is 0 Å². The molecular formula is C22H25F5O6S. The molecule has 2 rings (SSSR count). The van der Waals surface area contributed by atoms with E-state index in [1.54, 1.807) is 36.4 Å². The van der Waals surface area contributed by atoms with Crippen molar-refractivity contribution in [3.63, 3.8) is 0 Å². The van der Waals surface area contributed by atoms with E-state index in [1.807, 2.05) is 13.8 Å². The zero-order valence-corrected chi connectivity index (χ0v) is 19.4. The normalized spacial score (nSPS) is 14.0. The van der Waals surface area contributed by atoms with E-state index in [4.69, 9.17) is 4.74 Å². The van der Waals surface area contributed by atoms with Crippen LogP contribution in [0.5, 0.6) is 11.5 Å². The Kier molecular flexibility index (Phi) is 8.54. The van der Waals surface area contributed by atoms with Gasteiger partial charge in [0.1, 0.15) is 24.2 Å². The molecule has 1 N–H and O–H groups in total. The summed E-state index contributed by atoms with van der Waals surface area (Å²) in [7, 11) is -3.67. The highest BCUT2D eigenvalue weighted by atomic mass is 32.2. The van der Waals surface area contributed by atoms with Gasteiger partial charge in [-0.2, -0.15) is 30.4 Å². The lowest BCUT2D eigenvalue weighted by atomic mass is 9.78. The molecule has 190 valence electrons. The van der Waals surface area contributed by atoms with E-state index in [0.717, 1.165) is 17.4 Å². The lowest BCUT2D eigenvalue weighted by molar-refractivity contribution is -0.290. The van der Waals surface area contributed by atoms with Crippen LogP contribution in [-0.4, -0.2) is 57.8 Å². The van der Waals surface area contributed by atoms with Gasteiger partial charge in [0.05, 0.1) is 12.9 Å². The molecule has 12 heteroatoms. The number of aliphatic hydroxyl groups is 1. The van der Waals surface area contributed by atoms with E-state index in [0.29, 0.717) is 5.75 Å². The summed E-state index contributed by atoms with van der Waals surface area (Å²) >= 11 is 0. The van der Waals surface area contributed by atoms with Crippen LogP contribution in [0.1, 0.15) is 25.0 Å². The third-order valence-electron chi connectivity index (χ3n) is 4.90. The largest absolute Gasteiger partial charge is 0.491 e. The Morgan fingerprint density at radius 1 is 0.824 bits per heavy atom. The molecule has 0 aromatic heterocycles. The van der Waals surface area contributed by atoms with Crippen LogP contribution in [0.25, 0.3) is 0 Å². The van der Waals surface area contributed by atoms with Gasteiger partial charge in [-0.05, 0) is 35.4 Å². The Morgan fingerprint density at radius 2 is 1.26 bits per heavy atom. The first-order valence-electron chi connectivity index (χ1n) is 9.95. The van der Waals surface area contributed by atoms with Crippen LogP contribution in [0.4, 0.5) is 22.0 Å². The van der Waals surface area contributed by atoms with Crippen molar-refractivity contribution in [1.82, 2.24) is 0 Å². The van der Waals surface area contributed by atoms with Gasteiger partial charge < -0.3 is 14.6 Å². The maximum Gasteiger partial charge on any atom is 0.456 e. The average Bonchev–Trinajstić information content (AvgIpc) is 2.74. The molecule has 0 amide bonds. The predicted octanol–water partition coefficient (Wildman–Crippen LogP) is 4.30. The first kappa shape index (κ1) is 27.8. The van der Waals surface area contributed by atoms with Crippen molar-refractivity contribution in [3.05, 3.63) is 59.7 Å². The maximum atomic E-state index is 13.0. The number of halogens is 5. The first-order valence-corrected chi connectivity index (χ1v) is 11.8. The second-order valence-electron chi connectivity index (χ2n) is 8.12. The second-order valence-corrected chi connectivity index (χ2v) is 9.76. The molecule has 0 radical (unpaired) electrons. The van der Waals surface area contributed by atoms with Crippen molar-refractivity contribution >= 4 is 10.1 Å². The van der Waals surface area contributed by atoms with E-state index >= 15 is 0 Å². The molecule has 0 aliphatic carbocycles. The third-order valence-corrected chi connectivity index (χ3v) is 5.47. The number of benzene rings is 2. The Morgan fingerprint density at radius 3 is 1.68 bits per heavy atom. The standard InChI is InChI=1S/C22H25F5O6S/c1-20(2,16-6-10-19(11-7-16)32-14-21(23,24)22(25,26)27)15-4-8-18(9-5-15)31-12-17(28)13-33-34(3,29)30/h4-11,17,28H,12-14H2,1-3H3. The lowest BCUT2D eigenvalue weighted by Crippen LogP contribution is -2.41. The summed E-state index contributed by atoms with van der Waals surface area (Å²) in [5, 5.41) is 9.73. The monoisotopic (exact) mass is 512 g/mol. The molecule has 6 nitrogen and oxygen atoms in total. The minimum Gasteiger partial charge on any atom is -0.491 e. The van der Waals surface area contributed by atoms with E-state index in [-0.39, 0.29) is 12.4 Å². The molecule has 1 atom stereocenters. The molecule has 0 spiro atoms. The zero-order valence-electron chi connectivity index (χ0n) is 18.6. The van der Waals surface area contributed by atoms with Gasteiger partial charge in [-0.25, -0.2) is 0 Å². The second kappa shape index (κ2) is 10.4. The Labute approximate surface area is 194 Å². The molecular weight excluding hydrogens is 487 g/mol. The molecule has 0 saturated heterocycles. The van der Waals surface area contributed by atoms with Crippen LogP contribution in [0.2, 0.25) is 0 Å². The van der Waals surface area contributed by atoms with Crippen LogP contribution < -0.4 is 9.47 Å². The Hall–Kier alpha value is -2.44. The Balaban J connectivity index is 1.99. The van der Waals surface area contributed by atoms with Crippen molar-refractivity contribution in [2.75, 3.05) is 26.1 Å². The highest BCUT2D eigenvalue weighted by Gasteiger charge is 2.58. The zero-order chi connectivity index (χ0) is 25.8. The van der Waals surface area contributed by atoms with Crippen LogP contribution in [0.3, 0.4) is 0 Å². The molecule has 34 heavy (non-hydrogen) atoms. The molecule has 2 aromatic carbocycles. The fraction of sp³-hybridized carbons (Fsp3) is 0.455. The van der Waals surface area contributed by atoms with E-state index in [1.165, 1.54) is 12.1 Å². The maximum absolute atomic E-state index is 13.0. The number of ether oxygens (including phenoxy) is 2. The van der Waals surface area contributed by atoms with E-state index < -0.39 is 46.9 Å². The van der Waals surface area contributed by atoms with Crippen molar-refractivity contribution in [2.45, 2.75) is 37.5 Å². The van der Waals surface area contributed by atoms with Gasteiger partial charge in [0.15, 0.2) is 6.61 Å². The summed E-state index contributed by atoms with van der Waals surface area (Å²) in [5.41, 5.74) is 1.04. The van der Waals surface area contributed by atoms with Gasteiger partial charge in [0.25, 0.3) is 10.1 Å². The fourth-order valence-electron chi connectivity index (χ4n) is 2.80. The first-order chi connectivity index (χ1) is 15.5. The molecule has 0 bridgehead atoms. The van der Waals surface area contributed by atoms with Crippen LogP contribution in [-0.2, 0) is 19.7 Å². The minimum atomic E-state index is -5.69. The Bertz CT molecular complexity index is 1030. The fourth-order valence-corrected chi connectivity index (χ4v) is 3.21.